The molecular weight excluding hydrogens is 378 g/mol. The van der Waals surface area contributed by atoms with Crippen LogP contribution in [0.2, 0.25) is 0 Å². The fourth-order valence-corrected chi connectivity index (χ4v) is 3.90. The highest BCUT2D eigenvalue weighted by molar-refractivity contribution is 6.00. The van der Waals surface area contributed by atoms with E-state index < -0.39 is 0 Å². The third kappa shape index (κ3) is 4.51. The van der Waals surface area contributed by atoms with Crippen molar-refractivity contribution >= 4 is 11.6 Å². The summed E-state index contributed by atoms with van der Waals surface area (Å²) in [7, 11) is 0. The van der Waals surface area contributed by atoms with Crippen LogP contribution >= 0.6 is 0 Å². The summed E-state index contributed by atoms with van der Waals surface area (Å²) in [5.41, 5.74) is 3.68. The van der Waals surface area contributed by atoms with Gasteiger partial charge in [0.25, 0.3) is 5.91 Å². The van der Waals surface area contributed by atoms with Crippen LogP contribution in [0.1, 0.15) is 55.6 Å². The first kappa shape index (κ1) is 20.5. The molecule has 158 valence electrons. The van der Waals surface area contributed by atoms with Crippen LogP contribution in [-0.2, 0) is 4.74 Å². The minimum atomic E-state index is -0.119. The van der Waals surface area contributed by atoms with Gasteiger partial charge in [0.15, 0.2) is 5.65 Å². The Bertz CT molecular complexity index is 1010. The van der Waals surface area contributed by atoms with Crippen molar-refractivity contribution in [2.75, 3.05) is 6.61 Å². The molecule has 1 fully saturated rings. The van der Waals surface area contributed by atoms with Gasteiger partial charge in [0.2, 0.25) is 0 Å². The van der Waals surface area contributed by atoms with Gasteiger partial charge >= 0.3 is 0 Å². The number of hydrogen-bond acceptors (Lipinski definition) is 5. The normalized spacial score (nSPS) is 19.3. The van der Waals surface area contributed by atoms with E-state index >= 15 is 0 Å². The summed E-state index contributed by atoms with van der Waals surface area (Å²) in [4.78, 5) is 21.9. The molecule has 30 heavy (non-hydrogen) atoms. The second-order valence-electron chi connectivity index (χ2n) is 8.49. The smallest absolute Gasteiger partial charge is 0.256 e. The van der Waals surface area contributed by atoms with E-state index in [2.05, 4.69) is 29.2 Å². The van der Waals surface area contributed by atoms with Crippen molar-refractivity contribution in [2.45, 2.75) is 58.6 Å². The van der Waals surface area contributed by atoms with Crippen molar-refractivity contribution in [3.8, 4) is 11.3 Å². The van der Waals surface area contributed by atoms with E-state index in [1.54, 1.807) is 23.1 Å². The number of carbonyl (C=O) groups excluding carboxylic acids is 1. The zero-order valence-electron chi connectivity index (χ0n) is 17.8. The van der Waals surface area contributed by atoms with Crippen molar-refractivity contribution in [3.63, 3.8) is 0 Å². The highest BCUT2D eigenvalue weighted by Gasteiger charge is 2.25. The zero-order valence-corrected chi connectivity index (χ0v) is 17.8. The largest absolute Gasteiger partial charge is 0.378 e. The summed E-state index contributed by atoms with van der Waals surface area (Å²) < 4.78 is 7.67. The van der Waals surface area contributed by atoms with Crippen LogP contribution in [0.5, 0.6) is 0 Å². The highest BCUT2D eigenvalue weighted by Crippen LogP contribution is 2.23. The lowest BCUT2D eigenvalue weighted by Gasteiger charge is -2.29. The third-order valence-corrected chi connectivity index (χ3v) is 5.53. The van der Waals surface area contributed by atoms with Gasteiger partial charge in [0.1, 0.15) is 5.56 Å². The highest BCUT2D eigenvalue weighted by atomic mass is 16.5. The second kappa shape index (κ2) is 8.92. The van der Waals surface area contributed by atoms with Crippen molar-refractivity contribution in [1.29, 1.82) is 0 Å². The van der Waals surface area contributed by atoms with E-state index in [1.165, 1.54) is 0 Å². The Morgan fingerprint density at radius 3 is 2.77 bits per heavy atom. The van der Waals surface area contributed by atoms with Crippen LogP contribution in [-0.4, -0.2) is 44.2 Å². The molecule has 0 unspecified atom stereocenters. The number of nitrogens with one attached hydrogen (secondary N) is 1. The summed E-state index contributed by atoms with van der Waals surface area (Å²) >= 11 is 0. The van der Waals surface area contributed by atoms with Gasteiger partial charge in [-0.15, -0.1) is 0 Å². The molecule has 0 radical (unpaired) electrons. The Hall–Kier alpha value is -2.80. The fraction of sp³-hybridized carbons (Fsp3) is 0.478. The van der Waals surface area contributed by atoms with Crippen LogP contribution in [0.4, 0.5) is 0 Å². The minimum absolute atomic E-state index is 0.119. The van der Waals surface area contributed by atoms with E-state index in [-0.39, 0.29) is 11.9 Å². The van der Waals surface area contributed by atoms with Crippen molar-refractivity contribution in [3.05, 3.63) is 48.0 Å². The molecule has 1 aliphatic rings. The molecule has 0 atom stereocenters. The summed E-state index contributed by atoms with van der Waals surface area (Å²) in [6, 6.07) is 5.95. The molecule has 4 rings (SSSR count). The first-order chi connectivity index (χ1) is 14.5. The molecule has 0 spiro atoms. The predicted octanol–water partition coefficient (Wildman–Crippen LogP) is 3.81. The van der Waals surface area contributed by atoms with Gasteiger partial charge in [-0.05, 0) is 56.7 Å². The van der Waals surface area contributed by atoms with E-state index in [4.69, 9.17) is 9.72 Å². The molecule has 7 heteroatoms. The van der Waals surface area contributed by atoms with Crippen LogP contribution in [0, 0.1) is 12.8 Å². The molecular formula is C23H29N5O2. The van der Waals surface area contributed by atoms with Gasteiger partial charge in [-0.2, -0.15) is 5.10 Å². The maximum atomic E-state index is 13.0. The molecule has 1 saturated carbocycles. The molecule has 1 aliphatic carbocycles. The van der Waals surface area contributed by atoms with Crippen LogP contribution in [0.3, 0.4) is 0 Å². The summed E-state index contributed by atoms with van der Waals surface area (Å²) in [5, 5.41) is 7.56. The number of rotatable bonds is 6. The summed E-state index contributed by atoms with van der Waals surface area (Å²) in [6.07, 6.45) is 9.24. The van der Waals surface area contributed by atoms with E-state index in [0.717, 1.165) is 49.2 Å². The quantitative estimate of drug-likeness (QED) is 0.672. The number of nitrogens with zero attached hydrogens (tertiary/aromatic N) is 4. The van der Waals surface area contributed by atoms with Gasteiger partial charge in [0, 0.05) is 36.3 Å². The number of pyridine rings is 1. The van der Waals surface area contributed by atoms with Gasteiger partial charge < -0.3 is 10.1 Å². The number of fused-ring (bicyclic) bond motifs is 1. The predicted molar refractivity (Wildman–Crippen MR) is 115 cm³/mol. The second-order valence-corrected chi connectivity index (χ2v) is 8.49. The Labute approximate surface area is 176 Å². The van der Waals surface area contributed by atoms with Crippen LogP contribution in [0.15, 0.2) is 36.8 Å². The van der Waals surface area contributed by atoms with Gasteiger partial charge in [0.05, 0.1) is 18.0 Å². The first-order valence-electron chi connectivity index (χ1n) is 10.7. The average Bonchev–Trinajstić information content (AvgIpc) is 3.18. The number of ether oxygens (including phenoxy) is 1. The Morgan fingerprint density at radius 1 is 1.27 bits per heavy atom. The Balaban J connectivity index is 1.47. The summed E-state index contributed by atoms with van der Waals surface area (Å²) in [6.45, 7) is 7.09. The van der Waals surface area contributed by atoms with E-state index in [1.807, 2.05) is 25.1 Å². The Morgan fingerprint density at radius 2 is 2.07 bits per heavy atom. The van der Waals surface area contributed by atoms with Gasteiger partial charge in [-0.3, -0.25) is 9.78 Å². The molecule has 1 N–H and O–H groups in total. The van der Waals surface area contributed by atoms with Gasteiger partial charge in [-0.25, -0.2) is 9.50 Å². The third-order valence-electron chi connectivity index (χ3n) is 5.53. The minimum Gasteiger partial charge on any atom is -0.378 e. The van der Waals surface area contributed by atoms with Crippen LogP contribution < -0.4 is 5.32 Å². The molecule has 0 bridgehead atoms. The monoisotopic (exact) mass is 407 g/mol. The number of amides is 1. The maximum Gasteiger partial charge on any atom is 0.256 e. The molecule has 7 nitrogen and oxygen atoms in total. The lowest BCUT2D eigenvalue weighted by molar-refractivity contribution is 0.00860. The number of carbonyl (C=O) groups is 1. The zero-order chi connectivity index (χ0) is 21.1. The van der Waals surface area contributed by atoms with Crippen LogP contribution in [0.25, 0.3) is 16.9 Å². The molecule has 0 saturated heterocycles. The SMILES string of the molecule is Cc1cc(-c2cccnc2)nc2c(C(=O)N[C@H]3CC[C@H](OCC(C)C)CC3)cnn12. The number of aromatic nitrogens is 4. The number of aryl methyl sites for hydroxylation is 1. The molecule has 1 amide bonds. The maximum absolute atomic E-state index is 13.0. The molecule has 0 aliphatic heterocycles. The van der Waals surface area contributed by atoms with Crippen molar-refractivity contribution < 1.29 is 9.53 Å². The van der Waals surface area contributed by atoms with Crippen molar-refractivity contribution in [2.24, 2.45) is 5.92 Å². The lowest BCUT2D eigenvalue weighted by atomic mass is 9.92. The lowest BCUT2D eigenvalue weighted by Crippen LogP contribution is -2.39. The number of hydrogen-bond donors (Lipinski definition) is 1. The van der Waals surface area contributed by atoms with E-state index in [0.29, 0.717) is 23.2 Å². The molecule has 0 aromatic carbocycles. The molecule has 3 aromatic heterocycles. The van der Waals surface area contributed by atoms with Crippen molar-refractivity contribution in [1.82, 2.24) is 24.9 Å². The standard InChI is InChI=1S/C23H29N5O2/c1-15(2)14-30-19-8-6-18(7-9-19)26-23(29)20-13-25-28-16(3)11-21(27-22(20)28)17-5-4-10-24-12-17/h4-5,10-13,15,18-19H,6-9,14H2,1-3H3,(H,26,29)/t18-,19-. The van der Waals surface area contributed by atoms with Gasteiger partial charge in [-0.1, -0.05) is 13.8 Å². The van der Waals surface area contributed by atoms with E-state index in [9.17, 15) is 4.79 Å². The topological polar surface area (TPSA) is 81.4 Å². The molecule has 3 heterocycles. The first-order valence-corrected chi connectivity index (χ1v) is 10.7. The summed E-state index contributed by atoms with van der Waals surface area (Å²) in [5.74, 6) is 0.428. The molecule has 3 aromatic rings. The average molecular weight is 408 g/mol. The Kier molecular flexibility index (Phi) is 6.08. The fourth-order valence-electron chi connectivity index (χ4n) is 3.90.